The highest BCUT2D eigenvalue weighted by Crippen LogP contribution is 2.44. The first-order chi connectivity index (χ1) is 15.1. The highest BCUT2D eigenvalue weighted by atomic mass is 32.1. The summed E-state index contributed by atoms with van der Waals surface area (Å²) in [7, 11) is -2.16. The minimum Gasteiger partial charge on any atom is -0.406 e. The van der Waals surface area contributed by atoms with Gasteiger partial charge in [0.2, 0.25) is 5.54 Å². The molecule has 0 aliphatic heterocycles. The molecule has 0 amide bonds. The lowest BCUT2D eigenvalue weighted by Crippen LogP contribution is -2.57. The predicted molar refractivity (Wildman–Crippen MR) is 134 cm³/mol. The van der Waals surface area contributed by atoms with E-state index in [-0.39, 0.29) is 22.4 Å². The molecule has 184 valence electrons. The Morgan fingerprint density at radius 2 is 1.79 bits per heavy atom. The van der Waals surface area contributed by atoms with Crippen LogP contribution in [0.5, 0.6) is 0 Å². The van der Waals surface area contributed by atoms with E-state index in [4.69, 9.17) is 4.43 Å². The highest BCUT2D eigenvalue weighted by Gasteiger charge is 2.57. The smallest absolute Gasteiger partial charge is 0.406 e. The zero-order valence-electron chi connectivity index (χ0n) is 20.6. The van der Waals surface area contributed by atoms with Crippen LogP contribution in [0.4, 0.5) is 13.2 Å². The number of alkyl halides is 3. The van der Waals surface area contributed by atoms with Gasteiger partial charge in [-0.15, -0.1) is 11.3 Å². The van der Waals surface area contributed by atoms with Gasteiger partial charge in [-0.1, -0.05) is 64.7 Å². The summed E-state index contributed by atoms with van der Waals surface area (Å²) >= 11 is 1.07. The van der Waals surface area contributed by atoms with E-state index in [0.29, 0.717) is 6.42 Å². The molecule has 0 spiro atoms. The van der Waals surface area contributed by atoms with Gasteiger partial charge >= 0.3 is 6.18 Å². The maximum Gasteiger partial charge on any atom is 0.423 e. The summed E-state index contributed by atoms with van der Waals surface area (Å²) < 4.78 is 51.2. The zero-order chi connectivity index (χ0) is 25.1. The second-order valence-electron chi connectivity index (χ2n) is 10.4. The van der Waals surface area contributed by atoms with Crippen LogP contribution in [0.25, 0.3) is 10.1 Å². The molecule has 1 heterocycles. The molecular formula is C25H36F3NO2SSi. The number of fused-ring (bicyclic) bond motifs is 1. The number of hydrogen-bond acceptors (Lipinski definition) is 4. The first-order valence-electron chi connectivity index (χ1n) is 11.2. The molecule has 0 radical (unpaired) electrons. The fourth-order valence-electron chi connectivity index (χ4n) is 3.28. The third kappa shape index (κ3) is 6.61. The molecule has 2 rings (SSSR count). The summed E-state index contributed by atoms with van der Waals surface area (Å²) in [6.45, 7) is 13.6. The normalized spacial score (nSPS) is 15.9. The molecule has 0 unspecified atom stereocenters. The Morgan fingerprint density at radius 1 is 1.15 bits per heavy atom. The van der Waals surface area contributed by atoms with Gasteiger partial charge in [-0.05, 0) is 48.0 Å². The van der Waals surface area contributed by atoms with Crippen molar-refractivity contribution in [3.05, 3.63) is 35.2 Å². The quantitative estimate of drug-likeness (QED) is 0.314. The molecule has 0 aliphatic carbocycles. The lowest BCUT2D eigenvalue weighted by Gasteiger charge is -2.36. The van der Waals surface area contributed by atoms with E-state index in [1.807, 2.05) is 26.9 Å². The number of benzene rings is 1. The Hall–Kier alpha value is -1.37. The van der Waals surface area contributed by atoms with Crippen molar-refractivity contribution in [1.82, 2.24) is 5.32 Å². The largest absolute Gasteiger partial charge is 0.423 e. The lowest BCUT2D eigenvalue weighted by molar-refractivity contribution is -0.184. The monoisotopic (exact) mass is 499 g/mol. The van der Waals surface area contributed by atoms with Gasteiger partial charge in [-0.25, -0.2) is 0 Å². The van der Waals surface area contributed by atoms with Crippen LogP contribution >= 0.6 is 11.3 Å². The molecule has 0 saturated heterocycles. The van der Waals surface area contributed by atoms with Gasteiger partial charge in [-0.2, -0.15) is 13.2 Å². The Morgan fingerprint density at radius 3 is 2.30 bits per heavy atom. The van der Waals surface area contributed by atoms with Crippen molar-refractivity contribution >= 4 is 29.7 Å². The van der Waals surface area contributed by atoms with Crippen molar-refractivity contribution in [2.45, 2.75) is 76.9 Å². The molecule has 0 fully saturated rings. The van der Waals surface area contributed by atoms with E-state index in [2.05, 4.69) is 37.9 Å². The molecule has 0 saturated carbocycles. The van der Waals surface area contributed by atoms with Crippen molar-refractivity contribution < 1.29 is 22.7 Å². The molecule has 2 atom stereocenters. The van der Waals surface area contributed by atoms with Gasteiger partial charge < -0.3 is 9.53 Å². The van der Waals surface area contributed by atoms with E-state index in [9.17, 15) is 18.3 Å². The summed E-state index contributed by atoms with van der Waals surface area (Å²) in [6, 6.07) is 7.99. The van der Waals surface area contributed by atoms with Crippen LogP contribution < -0.4 is 5.32 Å². The Kier molecular flexibility index (Phi) is 8.86. The fraction of sp³-hybridized carbons (Fsp3) is 0.600. The number of hydrogen-bond donors (Lipinski definition) is 2. The molecule has 1 aromatic carbocycles. The van der Waals surface area contributed by atoms with E-state index < -0.39 is 32.7 Å². The number of halogens is 3. The third-order valence-corrected chi connectivity index (χ3v) is 11.9. The predicted octanol–water partition coefficient (Wildman–Crippen LogP) is 6.68. The first-order valence-corrected chi connectivity index (χ1v) is 14.9. The summed E-state index contributed by atoms with van der Waals surface area (Å²) in [5.41, 5.74) is -2.60. The molecule has 3 nitrogen and oxygen atoms in total. The Labute approximate surface area is 200 Å². The van der Waals surface area contributed by atoms with Crippen LogP contribution in [0.15, 0.2) is 30.3 Å². The van der Waals surface area contributed by atoms with E-state index in [1.165, 1.54) is 0 Å². The Balaban J connectivity index is 2.56. The highest BCUT2D eigenvalue weighted by molar-refractivity contribution is 7.19. The molecule has 0 bridgehead atoms. The fourth-order valence-corrected chi connectivity index (χ4v) is 5.34. The third-order valence-electron chi connectivity index (χ3n) is 6.20. The maximum absolute atomic E-state index is 14.8. The van der Waals surface area contributed by atoms with Crippen molar-refractivity contribution in [2.75, 3.05) is 13.2 Å². The van der Waals surface area contributed by atoms with Crippen LogP contribution in [0.2, 0.25) is 18.1 Å². The SMILES string of the molecule is CC(C)C[C@@H](CO)N[C@@](C#CCO[Si](C)(C)C(C)(C)C)(c1cc2ccccc2s1)C(F)(F)F. The number of aliphatic hydroxyl groups is 1. The van der Waals surface area contributed by atoms with Crippen molar-refractivity contribution in [3.8, 4) is 11.8 Å². The van der Waals surface area contributed by atoms with Crippen LogP contribution in [-0.2, 0) is 9.96 Å². The number of rotatable bonds is 8. The number of aliphatic hydroxyl groups excluding tert-OH is 1. The van der Waals surface area contributed by atoms with E-state index >= 15 is 0 Å². The summed E-state index contributed by atoms with van der Waals surface area (Å²) in [4.78, 5) is 0.0678. The second kappa shape index (κ2) is 10.5. The topological polar surface area (TPSA) is 41.5 Å². The van der Waals surface area contributed by atoms with Crippen molar-refractivity contribution in [2.24, 2.45) is 5.92 Å². The number of nitrogens with one attached hydrogen (secondary N) is 1. The van der Waals surface area contributed by atoms with Crippen LogP contribution in [0.3, 0.4) is 0 Å². The molecule has 1 aromatic heterocycles. The average Bonchev–Trinajstić information content (AvgIpc) is 3.11. The van der Waals surface area contributed by atoms with Gasteiger partial charge in [0.25, 0.3) is 0 Å². The standard InChI is InChI=1S/C25H36F3NO2SSi/c1-18(2)15-20(17-30)29-24(25(26,27)28,13-10-14-31-33(6,7)23(3,4)5)22-16-19-11-8-9-12-21(19)32-22/h8-9,11-12,16,18,20,29-30H,14-15,17H2,1-7H3/t20-,24-/m0/s1. The summed E-state index contributed by atoms with van der Waals surface area (Å²) in [6.07, 6.45) is -4.32. The minimum absolute atomic E-state index is 0.0678. The van der Waals surface area contributed by atoms with Crippen molar-refractivity contribution in [3.63, 3.8) is 0 Å². The second-order valence-corrected chi connectivity index (χ2v) is 16.3. The van der Waals surface area contributed by atoms with Crippen LogP contribution in [0.1, 0.15) is 45.9 Å². The van der Waals surface area contributed by atoms with Gasteiger partial charge in [0.1, 0.15) is 0 Å². The minimum atomic E-state index is -4.71. The molecule has 2 N–H and O–H groups in total. The lowest BCUT2D eigenvalue weighted by atomic mass is 9.93. The summed E-state index contributed by atoms with van der Waals surface area (Å²) in [5.74, 6) is 5.32. The van der Waals surface area contributed by atoms with Crippen molar-refractivity contribution in [1.29, 1.82) is 0 Å². The van der Waals surface area contributed by atoms with Gasteiger partial charge in [0.15, 0.2) is 8.32 Å². The van der Waals surface area contributed by atoms with Crippen LogP contribution in [0, 0.1) is 17.8 Å². The van der Waals surface area contributed by atoms with Gasteiger partial charge in [0, 0.05) is 15.6 Å². The first kappa shape index (κ1) is 27.9. The maximum atomic E-state index is 14.8. The van der Waals surface area contributed by atoms with Gasteiger partial charge in [-0.3, -0.25) is 5.32 Å². The molecule has 8 heteroatoms. The Bertz CT molecular complexity index is 952. The van der Waals surface area contributed by atoms with Crippen LogP contribution in [-0.4, -0.2) is 38.9 Å². The molecule has 33 heavy (non-hydrogen) atoms. The molecule has 2 aromatic rings. The van der Waals surface area contributed by atoms with E-state index in [0.717, 1.165) is 21.4 Å². The zero-order valence-corrected chi connectivity index (χ0v) is 22.4. The molecule has 0 aliphatic rings. The summed E-state index contributed by atoms with van der Waals surface area (Å²) in [5, 5.41) is 13.2. The molecular weight excluding hydrogens is 463 g/mol. The van der Waals surface area contributed by atoms with Gasteiger partial charge in [0.05, 0.1) is 13.2 Å². The number of thiophene rings is 1. The van der Waals surface area contributed by atoms with E-state index in [1.54, 1.807) is 30.3 Å². The average molecular weight is 500 g/mol.